The van der Waals surface area contributed by atoms with Crippen LogP contribution in [0.2, 0.25) is 0 Å². The summed E-state index contributed by atoms with van der Waals surface area (Å²) in [5.41, 5.74) is 0. The molecule has 1 saturated heterocycles. The van der Waals surface area contributed by atoms with Crippen LogP contribution in [0.1, 0.15) is 44.9 Å². The summed E-state index contributed by atoms with van der Waals surface area (Å²) in [5, 5.41) is 0. The molecule has 0 radical (unpaired) electrons. The van der Waals surface area contributed by atoms with Crippen LogP contribution in [-0.2, 0) is 0 Å². The summed E-state index contributed by atoms with van der Waals surface area (Å²) in [4.78, 5) is 5.06. The van der Waals surface area contributed by atoms with Crippen molar-refractivity contribution in [3.8, 4) is 0 Å². The van der Waals surface area contributed by atoms with E-state index in [4.69, 9.17) is 0 Å². The van der Waals surface area contributed by atoms with Crippen LogP contribution in [-0.4, -0.2) is 60.6 Å². The number of likely N-dealkylation sites (N-methyl/N-ethyl adjacent to an activating group) is 2. The fourth-order valence-electron chi connectivity index (χ4n) is 4.45. The lowest BCUT2D eigenvalue weighted by Gasteiger charge is -2.36. The maximum absolute atomic E-state index is 2.63. The highest BCUT2D eigenvalue weighted by atomic mass is 15.4. The number of rotatable bonds is 1. The molecule has 3 rings (SSSR count). The molecule has 0 spiro atoms. The molecule has 0 aromatic rings. The molecule has 0 unspecified atom stereocenters. The summed E-state index contributed by atoms with van der Waals surface area (Å²) in [6.45, 7) is 4.94. The normalized spacial score (nSPS) is 27.5. The van der Waals surface area contributed by atoms with Crippen LogP contribution in [0.4, 0.5) is 0 Å². The van der Waals surface area contributed by atoms with Crippen LogP contribution >= 0.6 is 0 Å². The molecule has 0 aromatic heterocycles. The summed E-state index contributed by atoms with van der Waals surface area (Å²) in [7, 11) is 4.48. The third-order valence-electron chi connectivity index (χ3n) is 5.59. The Morgan fingerprint density at radius 2 is 1.53 bits per heavy atom. The molecule has 108 valence electrons. The molecule has 0 atom stereocenters. The predicted octanol–water partition coefficient (Wildman–Crippen LogP) is 2.22. The summed E-state index contributed by atoms with van der Waals surface area (Å²) in [5.74, 6) is 3.55. The standard InChI is InChI=1S/C16H30N3/c1-17-12-13-18(2)16(17)19-10-8-15(9-11-19)14-6-4-3-5-7-14/h14-15H,3-13H2,1-2H3/q+1. The molecule has 3 heteroatoms. The molecule has 2 heterocycles. The molecule has 1 aliphatic carbocycles. The van der Waals surface area contributed by atoms with E-state index in [-0.39, 0.29) is 0 Å². The molecular formula is C16H30N3+. The van der Waals surface area contributed by atoms with E-state index < -0.39 is 0 Å². The lowest BCUT2D eigenvalue weighted by molar-refractivity contribution is -0.491. The lowest BCUT2D eigenvalue weighted by atomic mass is 9.76. The largest absolute Gasteiger partial charge is 0.350 e. The Hall–Kier alpha value is -0.730. The molecule has 0 N–H and O–H groups in total. The first kappa shape index (κ1) is 13.3. The van der Waals surface area contributed by atoms with Crippen LogP contribution < -0.4 is 0 Å². The second-order valence-electron chi connectivity index (χ2n) is 6.87. The topological polar surface area (TPSA) is 9.49 Å². The van der Waals surface area contributed by atoms with Crippen LogP contribution in [0.25, 0.3) is 0 Å². The average molecular weight is 264 g/mol. The van der Waals surface area contributed by atoms with Gasteiger partial charge in [0.25, 0.3) is 0 Å². The number of nitrogens with zero attached hydrogens (tertiary/aromatic N) is 3. The quantitative estimate of drug-likeness (QED) is 0.672. The molecule has 2 aliphatic heterocycles. The highest BCUT2D eigenvalue weighted by molar-refractivity contribution is 5.76. The van der Waals surface area contributed by atoms with Crippen LogP contribution in [0.5, 0.6) is 0 Å². The van der Waals surface area contributed by atoms with E-state index in [1.165, 1.54) is 77.1 Å². The SMILES string of the molecule is CN1CC[N+](C)=C1N1CCC(C2CCCCC2)CC1. The number of guanidine groups is 1. The van der Waals surface area contributed by atoms with Gasteiger partial charge in [0.2, 0.25) is 0 Å². The fraction of sp³-hybridized carbons (Fsp3) is 0.938. The Bertz CT molecular complexity index is 336. The molecular weight excluding hydrogens is 234 g/mol. The third kappa shape index (κ3) is 2.75. The second kappa shape index (κ2) is 5.72. The van der Waals surface area contributed by atoms with Gasteiger partial charge in [0, 0.05) is 0 Å². The van der Waals surface area contributed by atoms with Gasteiger partial charge in [0.05, 0.1) is 40.3 Å². The molecule has 3 aliphatic rings. The van der Waals surface area contributed by atoms with Crippen molar-refractivity contribution in [2.75, 3.05) is 40.3 Å². The van der Waals surface area contributed by atoms with E-state index in [1.807, 2.05) is 0 Å². The Morgan fingerprint density at radius 1 is 0.895 bits per heavy atom. The minimum Gasteiger partial charge on any atom is -0.265 e. The number of hydrogen-bond donors (Lipinski definition) is 0. The Kier molecular flexibility index (Phi) is 3.99. The third-order valence-corrected chi connectivity index (χ3v) is 5.59. The highest BCUT2D eigenvalue weighted by Crippen LogP contribution is 2.35. The first-order chi connectivity index (χ1) is 9.25. The van der Waals surface area contributed by atoms with E-state index in [0.717, 1.165) is 11.8 Å². The molecule has 1 saturated carbocycles. The van der Waals surface area contributed by atoms with Gasteiger partial charge in [-0.1, -0.05) is 32.1 Å². The van der Waals surface area contributed by atoms with E-state index >= 15 is 0 Å². The number of likely N-dealkylation sites (tertiary alicyclic amines) is 1. The van der Waals surface area contributed by atoms with Gasteiger partial charge in [-0.3, -0.25) is 14.4 Å². The van der Waals surface area contributed by atoms with Crippen molar-refractivity contribution in [3.63, 3.8) is 0 Å². The van der Waals surface area contributed by atoms with Gasteiger partial charge in [0.15, 0.2) is 0 Å². The van der Waals surface area contributed by atoms with Crippen molar-refractivity contribution in [1.82, 2.24) is 9.80 Å². The van der Waals surface area contributed by atoms with Crippen molar-refractivity contribution in [1.29, 1.82) is 0 Å². The van der Waals surface area contributed by atoms with Crippen molar-refractivity contribution >= 4 is 5.96 Å². The maximum atomic E-state index is 2.63. The minimum atomic E-state index is 1.02. The van der Waals surface area contributed by atoms with E-state index in [1.54, 1.807) is 0 Å². The van der Waals surface area contributed by atoms with E-state index in [0.29, 0.717) is 0 Å². The maximum Gasteiger partial charge on any atom is 0.350 e. The zero-order valence-corrected chi connectivity index (χ0v) is 12.8. The Morgan fingerprint density at radius 3 is 2.11 bits per heavy atom. The first-order valence-electron chi connectivity index (χ1n) is 8.30. The molecule has 0 amide bonds. The summed E-state index contributed by atoms with van der Waals surface area (Å²) in [6, 6.07) is 0. The van der Waals surface area contributed by atoms with Gasteiger partial charge in [-0.2, -0.15) is 0 Å². The second-order valence-corrected chi connectivity index (χ2v) is 6.87. The Labute approximate surface area is 118 Å². The molecule has 3 nitrogen and oxygen atoms in total. The fourth-order valence-corrected chi connectivity index (χ4v) is 4.45. The van der Waals surface area contributed by atoms with Crippen molar-refractivity contribution in [2.24, 2.45) is 11.8 Å². The summed E-state index contributed by atoms with van der Waals surface area (Å²) in [6.07, 6.45) is 10.4. The van der Waals surface area contributed by atoms with Crippen molar-refractivity contribution < 1.29 is 4.58 Å². The molecule has 2 fully saturated rings. The lowest BCUT2D eigenvalue weighted by Crippen LogP contribution is -2.47. The molecule has 0 bridgehead atoms. The van der Waals surface area contributed by atoms with Gasteiger partial charge < -0.3 is 0 Å². The first-order valence-corrected chi connectivity index (χ1v) is 8.30. The summed E-state index contributed by atoms with van der Waals surface area (Å²) < 4.78 is 2.43. The Balaban J connectivity index is 1.56. The monoisotopic (exact) mass is 264 g/mol. The number of piperidine rings is 1. The highest BCUT2D eigenvalue weighted by Gasteiger charge is 2.35. The summed E-state index contributed by atoms with van der Waals surface area (Å²) >= 11 is 0. The van der Waals surface area contributed by atoms with Crippen molar-refractivity contribution in [2.45, 2.75) is 44.9 Å². The van der Waals surface area contributed by atoms with Gasteiger partial charge >= 0.3 is 5.96 Å². The van der Waals surface area contributed by atoms with Gasteiger partial charge in [-0.05, 0) is 24.7 Å². The molecule has 0 aromatic carbocycles. The van der Waals surface area contributed by atoms with Gasteiger partial charge in [-0.25, -0.2) is 0 Å². The zero-order valence-electron chi connectivity index (χ0n) is 12.8. The van der Waals surface area contributed by atoms with Crippen LogP contribution in [0.3, 0.4) is 0 Å². The average Bonchev–Trinajstić information content (AvgIpc) is 2.79. The van der Waals surface area contributed by atoms with Crippen LogP contribution in [0, 0.1) is 11.8 Å². The van der Waals surface area contributed by atoms with Gasteiger partial charge in [-0.15, -0.1) is 0 Å². The van der Waals surface area contributed by atoms with Crippen molar-refractivity contribution in [3.05, 3.63) is 0 Å². The smallest absolute Gasteiger partial charge is 0.265 e. The van der Waals surface area contributed by atoms with Crippen LogP contribution in [0.15, 0.2) is 0 Å². The van der Waals surface area contributed by atoms with E-state index in [9.17, 15) is 0 Å². The molecule has 19 heavy (non-hydrogen) atoms. The number of hydrogen-bond acceptors (Lipinski definition) is 2. The zero-order chi connectivity index (χ0) is 13.2. The van der Waals surface area contributed by atoms with Gasteiger partial charge in [0.1, 0.15) is 0 Å². The minimum absolute atomic E-state index is 1.02. The predicted molar refractivity (Wildman–Crippen MR) is 79.6 cm³/mol. The van der Waals surface area contributed by atoms with E-state index in [2.05, 4.69) is 28.5 Å².